The molecule has 0 radical (unpaired) electrons. The van der Waals surface area contributed by atoms with Crippen LogP contribution in [0, 0.1) is 24.7 Å². The number of carbonyl (C=O) groups excluding carboxylic acids is 2. The monoisotopic (exact) mass is 366 g/mol. The zero-order chi connectivity index (χ0) is 18.6. The molecule has 1 heterocycles. The minimum Gasteiger partial charge on any atom is -0.332 e. The molecule has 142 valence electrons. The summed E-state index contributed by atoms with van der Waals surface area (Å²) in [6, 6.07) is 7.38. The van der Waals surface area contributed by atoms with Crippen LogP contribution in [-0.2, 0) is 11.3 Å². The Kier molecular flexibility index (Phi) is 3.78. The molecular formula is C21H26N4O2. The summed E-state index contributed by atoms with van der Waals surface area (Å²) < 4.78 is 1.85. The summed E-state index contributed by atoms with van der Waals surface area (Å²) in [6.07, 6.45) is 7.21. The summed E-state index contributed by atoms with van der Waals surface area (Å²) in [6.45, 7) is 1.98. The van der Waals surface area contributed by atoms with E-state index in [-0.39, 0.29) is 24.0 Å². The molecule has 1 aromatic heterocycles. The van der Waals surface area contributed by atoms with Crippen LogP contribution in [0.25, 0.3) is 11.0 Å². The molecule has 2 N–H and O–H groups in total. The number of rotatable bonds is 3. The first kappa shape index (κ1) is 16.8. The van der Waals surface area contributed by atoms with E-state index in [2.05, 4.69) is 15.6 Å². The number of benzene rings is 1. The third-order valence-electron chi connectivity index (χ3n) is 6.82. The molecule has 4 saturated carbocycles. The molecular weight excluding hydrogens is 340 g/mol. The van der Waals surface area contributed by atoms with Crippen molar-refractivity contribution in [3.63, 3.8) is 0 Å². The number of nitrogens with one attached hydrogen (secondary N) is 2. The van der Waals surface area contributed by atoms with Gasteiger partial charge in [-0.25, -0.2) is 9.78 Å². The number of imide groups is 1. The average molecular weight is 366 g/mol. The second-order valence-corrected chi connectivity index (χ2v) is 8.93. The van der Waals surface area contributed by atoms with E-state index >= 15 is 0 Å². The average Bonchev–Trinajstić information content (AvgIpc) is 2.88. The number of aryl methyl sites for hydroxylation is 1. The molecule has 4 fully saturated rings. The fourth-order valence-corrected chi connectivity index (χ4v) is 6.24. The van der Waals surface area contributed by atoms with E-state index in [9.17, 15) is 9.59 Å². The molecule has 0 saturated heterocycles. The highest BCUT2D eigenvalue weighted by Gasteiger charge is 2.51. The normalized spacial score (nSPS) is 31.2. The molecule has 6 heteroatoms. The van der Waals surface area contributed by atoms with Crippen molar-refractivity contribution >= 4 is 23.0 Å². The number of imidazole rings is 1. The quantitative estimate of drug-likeness (QED) is 0.876. The van der Waals surface area contributed by atoms with Crippen LogP contribution in [0.2, 0.25) is 0 Å². The van der Waals surface area contributed by atoms with Gasteiger partial charge in [0.1, 0.15) is 12.4 Å². The Labute approximate surface area is 158 Å². The van der Waals surface area contributed by atoms with Crippen molar-refractivity contribution < 1.29 is 9.59 Å². The van der Waals surface area contributed by atoms with Crippen LogP contribution < -0.4 is 10.6 Å². The summed E-state index contributed by atoms with van der Waals surface area (Å²) in [5, 5.41) is 5.74. The Morgan fingerprint density at radius 2 is 1.74 bits per heavy atom. The highest BCUT2D eigenvalue weighted by molar-refractivity contribution is 5.95. The van der Waals surface area contributed by atoms with Crippen LogP contribution in [0.15, 0.2) is 24.3 Å². The largest absolute Gasteiger partial charge is 0.332 e. The lowest BCUT2D eigenvalue weighted by Gasteiger charge is -2.56. The van der Waals surface area contributed by atoms with Crippen molar-refractivity contribution in [3.05, 3.63) is 30.1 Å². The van der Waals surface area contributed by atoms with Gasteiger partial charge in [-0.05, 0) is 75.3 Å². The second-order valence-electron chi connectivity index (χ2n) is 8.93. The van der Waals surface area contributed by atoms with Gasteiger partial charge < -0.3 is 9.88 Å². The SMILES string of the molecule is Cc1nc2ccccc2n1CC(=O)NC(=O)NC12CC3CC(CC(C3)C1)C2. The van der Waals surface area contributed by atoms with Gasteiger partial charge in [-0.3, -0.25) is 10.1 Å². The van der Waals surface area contributed by atoms with E-state index in [4.69, 9.17) is 0 Å². The molecule has 0 unspecified atom stereocenters. The Bertz CT molecular complexity index is 881. The number of nitrogens with zero attached hydrogens (tertiary/aromatic N) is 2. The fraction of sp³-hybridized carbons (Fsp3) is 0.571. The number of amides is 3. The molecule has 6 nitrogen and oxygen atoms in total. The van der Waals surface area contributed by atoms with Crippen molar-refractivity contribution in [2.75, 3.05) is 0 Å². The van der Waals surface area contributed by atoms with Crippen molar-refractivity contribution in [3.8, 4) is 0 Å². The molecule has 0 atom stereocenters. The van der Waals surface area contributed by atoms with E-state index in [1.54, 1.807) is 0 Å². The number of para-hydroxylation sites is 2. The van der Waals surface area contributed by atoms with Crippen LogP contribution >= 0.6 is 0 Å². The summed E-state index contributed by atoms with van der Waals surface area (Å²) in [4.78, 5) is 29.5. The van der Waals surface area contributed by atoms with Crippen molar-refractivity contribution in [1.29, 1.82) is 0 Å². The molecule has 4 aliphatic rings. The van der Waals surface area contributed by atoms with Crippen LogP contribution in [0.4, 0.5) is 4.79 Å². The van der Waals surface area contributed by atoms with Gasteiger partial charge in [0.15, 0.2) is 0 Å². The van der Waals surface area contributed by atoms with E-state index < -0.39 is 0 Å². The molecule has 1 aromatic carbocycles. The van der Waals surface area contributed by atoms with Crippen molar-refractivity contribution in [2.45, 2.75) is 57.5 Å². The predicted octanol–water partition coefficient (Wildman–Crippen LogP) is 3.14. The summed E-state index contributed by atoms with van der Waals surface area (Å²) in [5.41, 5.74) is 1.68. The molecule has 0 aliphatic heterocycles. The highest BCUT2D eigenvalue weighted by Crippen LogP contribution is 2.55. The number of carbonyl (C=O) groups is 2. The zero-order valence-corrected chi connectivity index (χ0v) is 15.7. The van der Waals surface area contributed by atoms with Gasteiger partial charge in [0, 0.05) is 5.54 Å². The summed E-state index contributed by atoms with van der Waals surface area (Å²) in [5.74, 6) is 2.74. The molecule has 0 spiro atoms. The number of aromatic nitrogens is 2. The number of fused-ring (bicyclic) bond motifs is 1. The highest BCUT2D eigenvalue weighted by atomic mass is 16.2. The lowest BCUT2D eigenvalue weighted by molar-refractivity contribution is -0.120. The van der Waals surface area contributed by atoms with Crippen LogP contribution in [0.1, 0.15) is 44.3 Å². The topological polar surface area (TPSA) is 76.0 Å². The number of hydrogen-bond acceptors (Lipinski definition) is 3. The first-order valence-electron chi connectivity index (χ1n) is 10.0. The van der Waals surface area contributed by atoms with Gasteiger partial charge in [0.2, 0.25) is 5.91 Å². The van der Waals surface area contributed by atoms with E-state index in [0.29, 0.717) is 0 Å². The predicted molar refractivity (Wildman–Crippen MR) is 102 cm³/mol. The van der Waals surface area contributed by atoms with Crippen LogP contribution in [-0.4, -0.2) is 27.0 Å². The minimum absolute atomic E-state index is 0.0866. The third-order valence-corrected chi connectivity index (χ3v) is 6.82. The maximum atomic E-state index is 12.5. The van der Waals surface area contributed by atoms with Crippen molar-refractivity contribution in [2.24, 2.45) is 17.8 Å². The third kappa shape index (κ3) is 3.01. The van der Waals surface area contributed by atoms with Crippen molar-refractivity contribution in [1.82, 2.24) is 20.2 Å². The fourth-order valence-electron chi connectivity index (χ4n) is 6.24. The van der Waals surface area contributed by atoms with Gasteiger partial charge >= 0.3 is 6.03 Å². The zero-order valence-electron chi connectivity index (χ0n) is 15.7. The first-order valence-corrected chi connectivity index (χ1v) is 10.0. The minimum atomic E-state index is -0.343. The molecule has 4 aliphatic carbocycles. The summed E-state index contributed by atoms with van der Waals surface area (Å²) >= 11 is 0. The van der Waals surface area contributed by atoms with Crippen LogP contribution in [0.5, 0.6) is 0 Å². The lowest BCUT2D eigenvalue weighted by Crippen LogP contribution is -2.62. The van der Waals surface area contributed by atoms with Gasteiger partial charge in [0.05, 0.1) is 11.0 Å². The van der Waals surface area contributed by atoms with Gasteiger partial charge in [0.25, 0.3) is 0 Å². The Morgan fingerprint density at radius 3 is 2.41 bits per heavy atom. The van der Waals surface area contributed by atoms with E-state index in [1.807, 2.05) is 35.8 Å². The molecule has 6 rings (SSSR count). The summed E-state index contributed by atoms with van der Waals surface area (Å²) in [7, 11) is 0. The maximum Gasteiger partial charge on any atom is 0.321 e. The molecule has 27 heavy (non-hydrogen) atoms. The van der Waals surface area contributed by atoms with E-state index in [0.717, 1.165) is 53.9 Å². The maximum absolute atomic E-state index is 12.5. The Hall–Kier alpha value is -2.37. The molecule has 2 aromatic rings. The molecule has 4 bridgehead atoms. The van der Waals surface area contributed by atoms with Gasteiger partial charge in [-0.15, -0.1) is 0 Å². The lowest BCUT2D eigenvalue weighted by atomic mass is 9.53. The van der Waals surface area contributed by atoms with Gasteiger partial charge in [-0.2, -0.15) is 0 Å². The molecule has 3 amide bonds. The first-order chi connectivity index (χ1) is 13.0. The smallest absolute Gasteiger partial charge is 0.321 e. The number of urea groups is 1. The Morgan fingerprint density at radius 1 is 1.11 bits per heavy atom. The van der Waals surface area contributed by atoms with Crippen LogP contribution in [0.3, 0.4) is 0 Å². The second kappa shape index (κ2) is 6.08. The van der Waals surface area contributed by atoms with E-state index in [1.165, 1.54) is 19.3 Å². The standard InChI is InChI=1S/C21H26N4O2/c1-13-22-17-4-2-3-5-18(17)25(13)12-19(26)23-20(27)24-21-9-14-6-15(10-21)8-16(7-14)11-21/h2-5,14-16H,6-12H2,1H3,(H2,23,24,26,27). The Balaban J connectivity index is 1.25. The van der Waals surface area contributed by atoms with Gasteiger partial charge in [-0.1, -0.05) is 12.1 Å². The number of hydrogen-bond donors (Lipinski definition) is 2.